The Balaban J connectivity index is 1.56. The number of amides is 2. The van der Waals surface area contributed by atoms with Crippen LogP contribution in [0, 0.1) is 5.92 Å². The lowest BCUT2D eigenvalue weighted by atomic mass is 10.0. The number of hydrogen-bond acceptors (Lipinski definition) is 3. The molecule has 0 aromatic heterocycles. The minimum Gasteiger partial charge on any atom is -0.375 e. The Hall–Kier alpha value is -2.66. The lowest BCUT2D eigenvalue weighted by Crippen LogP contribution is -2.44. The molecule has 5 heteroatoms. The van der Waals surface area contributed by atoms with E-state index >= 15 is 0 Å². The smallest absolute Gasteiger partial charge is 0.254 e. The standard InChI is InChI=1S/C22H26N2O3/c1-16(14-18-6-4-3-5-7-18)21(25)23-20-10-8-19(9-11-20)22(26)24-12-13-27-17(2)15-24/h3-11,16-17H,12-15H2,1-2H3,(H,23,25). The summed E-state index contributed by atoms with van der Waals surface area (Å²) in [5, 5.41) is 2.93. The van der Waals surface area contributed by atoms with Crippen LogP contribution in [0.3, 0.4) is 0 Å². The Labute approximate surface area is 160 Å². The van der Waals surface area contributed by atoms with Gasteiger partial charge in [0.1, 0.15) is 0 Å². The maximum atomic E-state index is 12.6. The van der Waals surface area contributed by atoms with Crippen LogP contribution in [0.15, 0.2) is 54.6 Å². The van der Waals surface area contributed by atoms with Crippen molar-refractivity contribution in [3.63, 3.8) is 0 Å². The number of carbonyl (C=O) groups excluding carboxylic acids is 2. The molecule has 3 rings (SSSR count). The molecular weight excluding hydrogens is 340 g/mol. The first kappa shape index (κ1) is 19.1. The molecule has 2 atom stereocenters. The second kappa shape index (κ2) is 8.82. The number of rotatable bonds is 5. The minimum atomic E-state index is -0.136. The van der Waals surface area contributed by atoms with Gasteiger partial charge in [0.05, 0.1) is 12.7 Å². The van der Waals surface area contributed by atoms with E-state index in [1.165, 1.54) is 0 Å². The van der Waals surface area contributed by atoms with E-state index in [9.17, 15) is 9.59 Å². The fraction of sp³-hybridized carbons (Fsp3) is 0.364. The van der Waals surface area contributed by atoms with Crippen LogP contribution in [0.25, 0.3) is 0 Å². The number of anilines is 1. The zero-order chi connectivity index (χ0) is 19.2. The second-order valence-electron chi connectivity index (χ2n) is 7.09. The molecule has 0 saturated carbocycles. The second-order valence-corrected chi connectivity index (χ2v) is 7.09. The van der Waals surface area contributed by atoms with Crippen molar-refractivity contribution in [3.8, 4) is 0 Å². The van der Waals surface area contributed by atoms with E-state index in [0.29, 0.717) is 37.4 Å². The van der Waals surface area contributed by atoms with Crippen LogP contribution in [-0.2, 0) is 16.0 Å². The topological polar surface area (TPSA) is 58.6 Å². The largest absolute Gasteiger partial charge is 0.375 e. The van der Waals surface area contributed by atoms with E-state index in [-0.39, 0.29) is 23.8 Å². The number of ether oxygens (including phenoxy) is 1. The number of carbonyl (C=O) groups is 2. The quantitative estimate of drug-likeness (QED) is 0.883. The maximum absolute atomic E-state index is 12.6. The van der Waals surface area contributed by atoms with Crippen molar-refractivity contribution in [1.29, 1.82) is 0 Å². The summed E-state index contributed by atoms with van der Waals surface area (Å²) < 4.78 is 5.48. The molecule has 142 valence electrons. The molecule has 2 aromatic carbocycles. The van der Waals surface area contributed by atoms with E-state index < -0.39 is 0 Å². The summed E-state index contributed by atoms with van der Waals surface area (Å²) in [6, 6.07) is 17.1. The number of hydrogen-bond donors (Lipinski definition) is 1. The van der Waals surface area contributed by atoms with E-state index in [0.717, 1.165) is 5.56 Å². The first-order valence-electron chi connectivity index (χ1n) is 9.38. The summed E-state index contributed by atoms with van der Waals surface area (Å²) >= 11 is 0. The van der Waals surface area contributed by atoms with Gasteiger partial charge in [-0.15, -0.1) is 0 Å². The number of benzene rings is 2. The van der Waals surface area contributed by atoms with Crippen molar-refractivity contribution in [1.82, 2.24) is 4.90 Å². The Kier molecular flexibility index (Phi) is 6.24. The summed E-state index contributed by atoms with van der Waals surface area (Å²) in [5.74, 6) is -0.163. The molecule has 0 spiro atoms. The molecule has 0 bridgehead atoms. The van der Waals surface area contributed by atoms with Crippen molar-refractivity contribution in [2.75, 3.05) is 25.0 Å². The van der Waals surface area contributed by atoms with Gasteiger partial charge in [0, 0.05) is 30.3 Å². The molecule has 1 saturated heterocycles. The third-order valence-corrected chi connectivity index (χ3v) is 4.76. The molecule has 1 aliphatic rings. The van der Waals surface area contributed by atoms with Crippen LogP contribution in [-0.4, -0.2) is 42.5 Å². The molecule has 5 nitrogen and oxygen atoms in total. The molecule has 0 radical (unpaired) electrons. The van der Waals surface area contributed by atoms with Gasteiger partial charge < -0.3 is 15.0 Å². The molecular formula is C22H26N2O3. The summed E-state index contributed by atoms with van der Waals surface area (Å²) in [6.07, 6.45) is 0.755. The average molecular weight is 366 g/mol. The molecule has 2 aromatic rings. The van der Waals surface area contributed by atoms with E-state index in [4.69, 9.17) is 4.74 Å². The summed E-state index contributed by atoms with van der Waals surface area (Å²) in [4.78, 5) is 26.8. The van der Waals surface area contributed by atoms with E-state index in [1.54, 1.807) is 24.3 Å². The van der Waals surface area contributed by atoms with Gasteiger partial charge in [-0.05, 0) is 43.2 Å². The Bertz CT molecular complexity index is 774. The van der Waals surface area contributed by atoms with Gasteiger partial charge in [0.2, 0.25) is 5.91 Å². The lowest BCUT2D eigenvalue weighted by molar-refractivity contribution is -0.119. The Morgan fingerprint density at radius 3 is 2.52 bits per heavy atom. The van der Waals surface area contributed by atoms with Crippen molar-refractivity contribution in [2.24, 2.45) is 5.92 Å². The van der Waals surface area contributed by atoms with Crippen molar-refractivity contribution >= 4 is 17.5 Å². The van der Waals surface area contributed by atoms with Crippen molar-refractivity contribution < 1.29 is 14.3 Å². The molecule has 1 fully saturated rings. The van der Waals surface area contributed by atoms with Crippen LogP contribution < -0.4 is 5.32 Å². The SMILES string of the molecule is CC1CN(C(=O)c2ccc(NC(=O)C(C)Cc3ccccc3)cc2)CCO1. The highest BCUT2D eigenvalue weighted by atomic mass is 16.5. The molecule has 27 heavy (non-hydrogen) atoms. The van der Waals surface area contributed by atoms with Gasteiger partial charge in [0.25, 0.3) is 5.91 Å². The van der Waals surface area contributed by atoms with E-state index in [1.807, 2.05) is 49.1 Å². The normalized spacial score (nSPS) is 18.0. The first-order chi connectivity index (χ1) is 13.0. The maximum Gasteiger partial charge on any atom is 0.254 e. The van der Waals surface area contributed by atoms with Crippen molar-refractivity contribution in [2.45, 2.75) is 26.4 Å². The van der Waals surface area contributed by atoms with Gasteiger partial charge in [0.15, 0.2) is 0 Å². The Morgan fingerprint density at radius 1 is 1.15 bits per heavy atom. The highest BCUT2D eigenvalue weighted by molar-refractivity contribution is 5.96. The van der Waals surface area contributed by atoms with Gasteiger partial charge in [-0.25, -0.2) is 0 Å². The number of nitrogens with one attached hydrogen (secondary N) is 1. The van der Waals surface area contributed by atoms with Gasteiger partial charge >= 0.3 is 0 Å². The van der Waals surface area contributed by atoms with Crippen LogP contribution in [0.4, 0.5) is 5.69 Å². The fourth-order valence-electron chi connectivity index (χ4n) is 3.21. The highest BCUT2D eigenvalue weighted by Crippen LogP contribution is 2.16. The summed E-state index contributed by atoms with van der Waals surface area (Å²) in [7, 11) is 0. The fourth-order valence-corrected chi connectivity index (χ4v) is 3.21. The molecule has 1 heterocycles. The van der Waals surface area contributed by atoms with Gasteiger partial charge in [-0.2, -0.15) is 0 Å². The first-order valence-corrected chi connectivity index (χ1v) is 9.38. The monoisotopic (exact) mass is 366 g/mol. The lowest BCUT2D eigenvalue weighted by Gasteiger charge is -2.31. The van der Waals surface area contributed by atoms with Crippen LogP contribution in [0.5, 0.6) is 0 Å². The molecule has 1 aliphatic heterocycles. The predicted octanol–water partition coefficient (Wildman–Crippen LogP) is 3.36. The summed E-state index contributed by atoms with van der Waals surface area (Å²) in [6.45, 7) is 5.67. The third-order valence-electron chi connectivity index (χ3n) is 4.76. The Morgan fingerprint density at radius 2 is 1.85 bits per heavy atom. The molecule has 0 aliphatic carbocycles. The van der Waals surface area contributed by atoms with Gasteiger partial charge in [-0.3, -0.25) is 9.59 Å². The molecule has 1 N–H and O–H groups in total. The van der Waals surface area contributed by atoms with Crippen LogP contribution in [0.2, 0.25) is 0 Å². The predicted molar refractivity (Wildman–Crippen MR) is 106 cm³/mol. The van der Waals surface area contributed by atoms with Crippen LogP contribution in [0.1, 0.15) is 29.8 Å². The zero-order valence-electron chi connectivity index (χ0n) is 15.9. The zero-order valence-corrected chi connectivity index (χ0v) is 15.9. The summed E-state index contributed by atoms with van der Waals surface area (Å²) in [5.41, 5.74) is 2.46. The number of nitrogens with zero attached hydrogens (tertiary/aromatic N) is 1. The average Bonchev–Trinajstić information content (AvgIpc) is 2.69. The van der Waals surface area contributed by atoms with Crippen LogP contribution >= 0.6 is 0 Å². The minimum absolute atomic E-state index is 0.000437. The van der Waals surface area contributed by atoms with Crippen molar-refractivity contribution in [3.05, 3.63) is 65.7 Å². The highest BCUT2D eigenvalue weighted by Gasteiger charge is 2.22. The van der Waals surface area contributed by atoms with E-state index in [2.05, 4.69) is 5.32 Å². The molecule has 2 unspecified atom stereocenters. The number of morpholine rings is 1. The third kappa shape index (κ3) is 5.17. The van der Waals surface area contributed by atoms with Gasteiger partial charge in [-0.1, -0.05) is 37.3 Å². The molecule has 2 amide bonds.